The van der Waals surface area contributed by atoms with Crippen LogP contribution in [0.15, 0.2) is 29.4 Å². The number of para-hydroxylation sites is 1. The van der Waals surface area contributed by atoms with Crippen LogP contribution in [0.1, 0.15) is 24.8 Å². The number of piperidine rings is 1. The van der Waals surface area contributed by atoms with E-state index in [1.807, 2.05) is 0 Å². The summed E-state index contributed by atoms with van der Waals surface area (Å²) < 4.78 is 0. The van der Waals surface area contributed by atoms with Crippen LogP contribution >= 0.6 is 0 Å². The van der Waals surface area contributed by atoms with Gasteiger partial charge in [-0.3, -0.25) is 0 Å². The SMILES string of the molecule is NC(=NO)c1ccccc1NC(=O)N1CCCCC1. The molecule has 2 rings (SSSR count). The summed E-state index contributed by atoms with van der Waals surface area (Å²) in [5.41, 5.74) is 6.64. The molecule has 1 aromatic carbocycles. The first-order valence-electron chi connectivity index (χ1n) is 6.35. The highest BCUT2D eigenvalue weighted by Crippen LogP contribution is 2.17. The second kappa shape index (κ2) is 6.08. The van der Waals surface area contributed by atoms with E-state index in [9.17, 15) is 4.79 Å². The lowest BCUT2D eigenvalue weighted by Crippen LogP contribution is -2.39. The Bertz CT molecular complexity index is 481. The third-order valence-corrected chi connectivity index (χ3v) is 3.20. The Kier molecular flexibility index (Phi) is 4.22. The van der Waals surface area contributed by atoms with Crippen LogP contribution in [0.2, 0.25) is 0 Å². The van der Waals surface area contributed by atoms with E-state index in [1.165, 1.54) is 6.42 Å². The number of carbonyl (C=O) groups is 1. The largest absolute Gasteiger partial charge is 0.409 e. The van der Waals surface area contributed by atoms with E-state index in [2.05, 4.69) is 10.5 Å². The van der Waals surface area contributed by atoms with Crippen molar-refractivity contribution in [3.05, 3.63) is 29.8 Å². The fourth-order valence-corrected chi connectivity index (χ4v) is 2.16. The quantitative estimate of drug-likeness (QED) is 0.328. The standard InChI is InChI=1S/C13H18N4O2/c14-12(16-19)10-6-2-3-7-11(10)15-13(18)17-8-4-1-5-9-17/h2-3,6-7,19H,1,4-5,8-9H2,(H2,14,16)(H,15,18). The molecule has 2 amide bonds. The minimum absolute atomic E-state index is 0.0189. The van der Waals surface area contributed by atoms with Crippen LogP contribution < -0.4 is 11.1 Å². The first kappa shape index (κ1) is 13.2. The van der Waals surface area contributed by atoms with Gasteiger partial charge in [-0.2, -0.15) is 0 Å². The van der Waals surface area contributed by atoms with Crippen LogP contribution in [-0.4, -0.2) is 35.1 Å². The lowest BCUT2D eigenvalue weighted by Gasteiger charge is -2.27. The van der Waals surface area contributed by atoms with Crippen LogP contribution in [0.3, 0.4) is 0 Å². The molecule has 0 aliphatic carbocycles. The van der Waals surface area contributed by atoms with E-state index < -0.39 is 0 Å². The molecule has 0 atom stereocenters. The van der Waals surface area contributed by atoms with Gasteiger partial charge in [0.1, 0.15) is 0 Å². The second-order valence-corrected chi connectivity index (χ2v) is 4.51. The van der Waals surface area contributed by atoms with Crippen molar-refractivity contribution in [3.63, 3.8) is 0 Å². The van der Waals surface area contributed by atoms with E-state index in [4.69, 9.17) is 10.9 Å². The number of nitrogens with two attached hydrogens (primary N) is 1. The van der Waals surface area contributed by atoms with Crippen LogP contribution in [0, 0.1) is 0 Å². The maximum atomic E-state index is 12.1. The Hall–Kier alpha value is -2.24. The summed E-state index contributed by atoms with van der Waals surface area (Å²) in [7, 11) is 0. The Morgan fingerprint density at radius 3 is 2.63 bits per heavy atom. The van der Waals surface area contributed by atoms with Crippen molar-refractivity contribution in [3.8, 4) is 0 Å². The monoisotopic (exact) mass is 262 g/mol. The molecule has 1 aromatic rings. The molecule has 1 fully saturated rings. The number of urea groups is 1. The van der Waals surface area contributed by atoms with Crippen molar-refractivity contribution in [1.82, 2.24) is 4.90 Å². The van der Waals surface area contributed by atoms with Crippen LogP contribution in [0.5, 0.6) is 0 Å². The molecular weight excluding hydrogens is 244 g/mol. The molecule has 1 aliphatic rings. The molecule has 0 spiro atoms. The van der Waals surface area contributed by atoms with Gasteiger partial charge in [-0.1, -0.05) is 17.3 Å². The fourth-order valence-electron chi connectivity index (χ4n) is 2.16. The molecule has 0 bridgehead atoms. The highest BCUT2D eigenvalue weighted by molar-refractivity contribution is 6.05. The summed E-state index contributed by atoms with van der Waals surface area (Å²) in [6.45, 7) is 1.55. The van der Waals surface area contributed by atoms with E-state index in [0.717, 1.165) is 25.9 Å². The zero-order valence-electron chi connectivity index (χ0n) is 10.7. The molecule has 19 heavy (non-hydrogen) atoms. The lowest BCUT2D eigenvalue weighted by molar-refractivity contribution is 0.200. The normalized spacial score (nSPS) is 16.2. The number of anilines is 1. The highest BCUT2D eigenvalue weighted by Gasteiger charge is 2.17. The average molecular weight is 262 g/mol. The summed E-state index contributed by atoms with van der Waals surface area (Å²) in [6, 6.07) is 6.85. The summed E-state index contributed by atoms with van der Waals surface area (Å²) >= 11 is 0. The number of oxime groups is 1. The summed E-state index contributed by atoms with van der Waals surface area (Å²) in [4.78, 5) is 13.9. The molecule has 6 nitrogen and oxygen atoms in total. The molecule has 0 radical (unpaired) electrons. The zero-order chi connectivity index (χ0) is 13.7. The minimum Gasteiger partial charge on any atom is -0.409 e. The number of benzene rings is 1. The molecule has 1 heterocycles. The molecule has 4 N–H and O–H groups in total. The predicted octanol–water partition coefficient (Wildman–Crippen LogP) is 1.80. The lowest BCUT2D eigenvalue weighted by atomic mass is 10.1. The molecule has 0 unspecified atom stereocenters. The first-order chi connectivity index (χ1) is 9.22. The molecule has 0 aromatic heterocycles. The van der Waals surface area contributed by atoms with Gasteiger partial charge in [0.25, 0.3) is 0 Å². The van der Waals surface area contributed by atoms with Crippen LogP contribution in [-0.2, 0) is 0 Å². The Labute approximate surface area is 111 Å². The maximum absolute atomic E-state index is 12.1. The molecule has 1 saturated heterocycles. The number of nitrogens with zero attached hydrogens (tertiary/aromatic N) is 2. The summed E-state index contributed by atoms with van der Waals surface area (Å²) in [5.74, 6) is -0.0189. The van der Waals surface area contributed by atoms with Crippen molar-refractivity contribution in [2.24, 2.45) is 10.9 Å². The minimum atomic E-state index is -0.141. The number of hydrogen-bond acceptors (Lipinski definition) is 3. The predicted molar refractivity (Wildman–Crippen MR) is 73.4 cm³/mol. The van der Waals surface area contributed by atoms with Crippen LogP contribution in [0.25, 0.3) is 0 Å². The van der Waals surface area contributed by atoms with Gasteiger partial charge in [-0.15, -0.1) is 0 Å². The number of amides is 2. The number of rotatable bonds is 2. The Morgan fingerprint density at radius 1 is 1.26 bits per heavy atom. The topological polar surface area (TPSA) is 91.0 Å². The average Bonchev–Trinajstić information content (AvgIpc) is 2.48. The smallest absolute Gasteiger partial charge is 0.321 e. The second-order valence-electron chi connectivity index (χ2n) is 4.51. The Balaban J connectivity index is 2.12. The summed E-state index contributed by atoms with van der Waals surface area (Å²) in [5, 5.41) is 14.5. The number of hydrogen-bond donors (Lipinski definition) is 3. The van der Waals surface area contributed by atoms with E-state index >= 15 is 0 Å². The molecule has 1 aliphatic heterocycles. The first-order valence-corrected chi connectivity index (χ1v) is 6.35. The zero-order valence-corrected chi connectivity index (χ0v) is 10.7. The maximum Gasteiger partial charge on any atom is 0.321 e. The van der Waals surface area contributed by atoms with Crippen molar-refractivity contribution < 1.29 is 10.0 Å². The van der Waals surface area contributed by atoms with Gasteiger partial charge in [0.15, 0.2) is 5.84 Å². The van der Waals surface area contributed by atoms with Gasteiger partial charge in [-0.25, -0.2) is 4.79 Å². The van der Waals surface area contributed by atoms with Crippen molar-refractivity contribution in [1.29, 1.82) is 0 Å². The third kappa shape index (κ3) is 3.15. The number of nitrogens with one attached hydrogen (secondary N) is 1. The van der Waals surface area contributed by atoms with Crippen molar-refractivity contribution in [2.45, 2.75) is 19.3 Å². The molecule has 0 saturated carbocycles. The van der Waals surface area contributed by atoms with E-state index in [1.54, 1.807) is 29.2 Å². The van der Waals surface area contributed by atoms with Crippen molar-refractivity contribution in [2.75, 3.05) is 18.4 Å². The highest BCUT2D eigenvalue weighted by atomic mass is 16.4. The van der Waals surface area contributed by atoms with Gasteiger partial charge in [0.2, 0.25) is 0 Å². The Morgan fingerprint density at radius 2 is 1.95 bits per heavy atom. The molecule has 6 heteroatoms. The van der Waals surface area contributed by atoms with Gasteiger partial charge in [0, 0.05) is 18.7 Å². The van der Waals surface area contributed by atoms with Gasteiger partial charge < -0.3 is 21.2 Å². The van der Waals surface area contributed by atoms with Crippen LogP contribution in [0.4, 0.5) is 10.5 Å². The van der Waals surface area contributed by atoms with Crippen molar-refractivity contribution >= 4 is 17.6 Å². The molecule has 102 valence electrons. The van der Waals surface area contributed by atoms with Gasteiger partial charge >= 0.3 is 6.03 Å². The van der Waals surface area contributed by atoms with E-state index in [0.29, 0.717) is 11.3 Å². The number of amidine groups is 1. The third-order valence-electron chi connectivity index (χ3n) is 3.20. The van der Waals surface area contributed by atoms with Gasteiger partial charge in [-0.05, 0) is 31.4 Å². The molecular formula is C13H18N4O2. The number of likely N-dealkylation sites (tertiary alicyclic amines) is 1. The number of carbonyl (C=O) groups excluding carboxylic acids is 1. The fraction of sp³-hybridized carbons (Fsp3) is 0.385. The summed E-state index contributed by atoms with van der Waals surface area (Å²) in [6.07, 6.45) is 3.25. The van der Waals surface area contributed by atoms with Gasteiger partial charge in [0.05, 0.1) is 5.69 Å². The van der Waals surface area contributed by atoms with E-state index in [-0.39, 0.29) is 11.9 Å².